The minimum atomic E-state index is -2.78. The van der Waals surface area contributed by atoms with E-state index >= 15 is 0 Å². The van der Waals surface area contributed by atoms with Gasteiger partial charge in [-0.05, 0) is 69.0 Å². The van der Waals surface area contributed by atoms with Crippen molar-refractivity contribution in [2.75, 3.05) is 44.3 Å². The molecular weight excluding hydrogens is 518 g/mol. The highest BCUT2D eigenvalue weighted by atomic mass is 19.3. The van der Waals surface area contributed by atoms with E-state index in [-0.39, 0.29) is 17.7 Å². The second kappa shape index (κ2) is 12.1. The van der Waals surface area contributed by atoms with Gasteiger partial charge < -0.3 is 19.7 Å². The summed E-state index contributed by atoms with van der Waals surface area (Å²) in [5.41, 5.74) is 1.02. The second-order valence-electron chi connectivity index (χ2n) is 11.1. The molecule has 0 amide bonds. The molecule has 1 N–H and O–H groups in total. The molecular formula is C29H36F2N6O3. The molecule has 0 bridgehead atoms. The summed E-state index contributed by atoms with van der Waals surface area (Å²) in [6.45, 7) is 3.70. The van der Waals surface area contributed by atoms with Gasteiger partial charge in [0.25, 0.3) is 6.43 Å². The van der Waals surface area contributed by atoms with Crippen LogP contribution in [0.2, 0.25) is 0 Å². The van der Waals surface area contributed by atoms with Crippen LogP contribution in [0.4, 0.5) is 14.7 Å². The fraction of sp³-hybridized carbons (Fsp3) is 0.586. The summed E-state index contributed by atoms with van der Waals surface area (Å²) in [5, 5.41) is 3.30. The zero-order chi connectivity index (χ0) is 27.5. The average molecular weight is 555 g/mol. The van der Waals surface area contributed by atoms with Crippen LogP contribution < -0.4 is 15.0 Å². The van der Waals surface area contributed by atoms with E-state index in [4.69, 9.17) is 14.5 Å². The van der Waals surface area contributed by atoms with Crippen molar-refractivity contribution in [1.29, 1.82) is 0 Å². The first-order valence-corrected chi connectivity index (χ1v) is 14.4. The van der Waals surface area contributed by atoms with Crippen molar-refractivity contribution >= 4 is 22.8 Å². The molecule has 0 atom stereocenters. The Morgan fingerprint density at radius 3 is 2.52 bits per heavy atom. The third-order valence-electron chi connectivity index (χ3n) is 8.03. The quantitative estimate of drug-likeness (QED) is 0.371. The van der Waals surface area contributed by atoms with E-state index in [2.05, 4.69) is 15.3 Å². The Kier molecular flexibility index (Phi) is 8.20. The van der Waals surface area contributed by atoms with Gasteiger partial charge in [0.05, 0.1) is 30.8 Å². The van der Waals surface area contributed by atoms with Gasteiger partial charge in [0.2, 0.25) is 11.8 Å². The summed E-state index contributed by atoms with van der Waals surface area (Å²) < 4.78 is 41.4. The summed E-state index contributed by atoms with van der Waals surface area (Å²) in [5.74, 6) is 2.12. The smallest absolute Gasteiger partial charge is 0.296 e. The number of ether oxygens (including phenoxy) is 2. The molecule has 2 aromatic heterocycles. The lowest BCUT2D eigenvalue weighted by Gasteiger charge is -2.30. The van der Waals surface area contributed by atoms with Crippen LogP contribution in [0.1, 0.15) is 57.2 Å². The van der Waals surface area contributed by atoms with E-state index in [1.807, 2.05) is 4.90 Å². The van der Waals surface area contributed by atoms with Crippen molar-refractivity contribution in [2.24, 2.45) is 11.8 Å². The maximum Gasteiger partial charge on any atom is 0.296 e. The summed E-state index contributed by atoms with van der Waals surface area (Å²) in [7, 11) is 0. The maximum atomic E-state index is 14.1. The summed E-state index contributed by atoms with van der Waals surface area (Å²) in [6, 6.07) is 8.67. The number of aromatic nitrogens is 4. The molecule has 3 heterocycles. The Hall–Kier alpha value is -3.18. The number of nitrogens with one attached hydrogen (secondary N) is 1. The monoisotopic (exact) mass is 554 g/mol. The number of fused-ring (bicyclic) bond motifs is 1. The van der Waals surface area contributed by atoms with Crippen LogP contribution in [0.15, 0.2) is 30.3 Å². The molecule has 40 heavy (non-hydrogen) atoms. The molecule has 1 aliphatic heterocycles. The Balaban J connectivity index is 1.18. The number of ketones is 1. The van der Waals surface area contributed by atoms with Crippen molar-refractivity contribution in [2.45, 2.75) is 57.5 Å². The number of alkyl halides is 2. The normalized spacial score (nSPS) is 21.7. The SMILES string of the molecule is O=C(CNCC1CC1)CC1CCC(Oc2cc(-n3c(C(F)F)nc4ccccc43)nc(N3CCOCC3)n2)CC1. The molecule has 9 nitrogen and oxygen atoms in total. The van der Waals surface area contributed by atoms with Crippen LogP contribution in [0.5, 0.6) is 5.88 Å². The second-order valence-corrected chi connectivity index (χ2v) is 11.1. The molecule has 3 fully saturated rings. The Labute approximate surface area is 232 Å². The molecule has 0 spiro atoms. The molecule has 6 rings (SSSR count). The standard InChI is InChI=1S/C29H36F2N6O3/c30-27(31)28-33-23-3-1-2-4-24(23)37(28)25-16-26(35-29(34-25)36-11-13-39-14-12-36)40-22-9-7-19(8-10-22)15-21(38)18-32-17-20-5-6-20/h1-4,16,19-20,22,27,32H,5-15,17-18H2. The number of anilines is 1. The van der Waals surface area contributed by atoms with E-state index < -0.39 is 6.43 Å². The van der Waals surface area contributed by atoms with Gasteiger partial charge in [0.1, 0.15) is 17.7 Å². The number of carbonyl (C=O) groups is 1. The van der Waals surface area contributed by atoms with Crippen LogP contribution in [0.25, 0.3) is 16.9 Å². The number of Topliss-reactive ketones (excluding diaryl/α,β-unsaturated/α-hetero) is 1. The van der Waals surface area contributed by atoms with Crippen LogP contribution in [0.3, 0.4) is 0 Å². The number of hydrogen-bond acceptors (Lipinski definition) is 8. The number of nitrogens with zero attached hydrogens (tertiary/aromatic N) is 5. The van der Waals surface area contributed by atoms with Gasteiger partial charge in [0, 0.05) is 25.6 Å². The number of para-hydroxylation sites is 2. The third kappa shape index (κ3) is 6.41. The van der Waals surface area contributed by atoms with Gasteiger partial charge in [0.15, 0.2) is 5.82 Å². The molecule has 1 saturated heterocycles. The average Bonchev–Trinajstić information content (AvgIpc) is 3.71. The molecule has 0 unspecified atom stereocenters. The molecule has 2 saturated carbocycles. The number of carbonyl (C=O) groups excluding carboxylic acids is 1. The molecule has 2 aliphatic carbocycles. The molecule has 0 radical (unpaired) electrons. The van der Waals surface area contributed by atoms with Crippen LogP contribution in [0, 0.1) is 11.8 Å². The first-order chi connectivity index (χ1) is 19.5. The topological polar surface area (TPSA) is 94.4 Å². The minimum Gasteiger partial charge on any atom is -0.474 e. The van der Waals surface area contributed by atoms with E-state index in [1.165, 1.54) is 17.4 Å². The summed E-state index contributed by atoms with van der Waals surface area (Å²) in [4.78, 5) is 28.0. The van der Waals surface area contributed by atoms with E-state index in [9.17, 15) is 13.6 Å². The lowest BCUT2D eigenvalue weighted by molar-refractivity contribution is -0.119. The fourth-order valence-electron chi connectivity index (χ4n) is 5.67. The predicted octanol–water partition coefficient (Wildman–Crippen LogP) is 4.49. The highest BCUT2D eigenvalue weighted by Crippen LogP contribution is 2.33. The number of benzene rings is 1. The van der Waals surface area contributed by atoms with Crippen LogP contribution in [-0.2, 0) is 9.53 Å². The fourth-order valence-corrected chi connectivity index (χ4v) is 5.67. The predicted molar refractivity (Wildman–Crippen MR) is 146 cm³/mol. The van der Waals surface area contributed by atoms with Crippen molar-refractivity contribution < 1.29 is 23.0 Å². The van der Waals surface area contributed by atoms with Crippen LogP contribution in [-0.4, -0.2) is 70.8 Å². The van der Waals surface area contributed by atoms with Crippen molar-refractivity contribution in [1.82, 2.24) is 24.8 Å². The lowest BCUT2D eigenvalue weighted by atomic mass is 9.84. The first kappa shape index (κ1) is 27.0. The molecule has 11 heteroatoms. The number of rotatable bonds is 11. The lowest BCUT2D eigenvalue weighted by Crippen LogP contribution is -2.37. The van der Waals surface area contributed by atoms with Crippen molar-refractivity contribution in [3.8, 4) is 11.7 Å². The summed E-state index contributed by atoms with van der Waals surface area (Å²) in [6.07, 6.45) is 3.77. The zero-order valence-corrected chi connectivity index (χ0v) is 22.6. The van der Waals surface area contributed by atoms with E-state index in [0.29, 0.717) is 73.9 Å². The third-order valence-corrected chi connectivity index (χ3v) is 8.03. The number of morpholine rings is 1. The van der Waals surface area contributed by atoms with Gasteiger partial charge >= 0.3 is 0 Å². The summed E-state index contributed by atoms with van der Waals surface area (Å²) >= 11 is 0. The van der Waals surface area contributed by atoms with Crippen LogP contribution >= 0.6 is 0 Å². The van der Waals surface area contributed by atoms with E-state index in [0.717, 1.165) is 38.1 Å². The van der Waals surface area contributed by atoms with Crippen molar-refractivity contribution in [3.63, 3.8) is 0 Å². The Morgan fingerprint density at radius 2 is 1.77 bits per heavy atom. The Bertz CT molecular complexity index is 1320. The highest BCUT2D eigenvalue weighted by Gasteiger charge is 2.27. The highest BCUT2D eigenvalue weighted by molar-refractivity contribution is 5.80. The van der Waals surface area contributed by atoms with Gasteiger partial charge in [-0.2, -0.15) is 9.97 Å². The van der Waals surface area contributed by atoms with Gasteiger partial charge in [-0.15, -0.1) is 0 Å². The first-order valence-electron chi connectivity index (χ1n) is 14.4. The number of hydrogen-bond donors (Lipinski definition) is 1. The molecule has 3 aliphatic rings. The van der Waals surface area contributed by atoms with Crippen molar-refractivity contribution in [3.05, 3.63) is 36.2 Å². The maximum absolute atomic E-state index is 14.1. The number of halogens is 2. The van der Waals surface area contributed by atoms with Gasteiger partial charge in [-0.25, -0.2) is 13.8 Å². The zero-order valence-electron chi connectivity index (χ0n) is 22.6. The largest absolute Gasteiger partial charge is 0.474 e. The number of imidazole rings is 1. The minimum absolute atomic E-state index is 0.0614. The molecule has 3 aromatic rings. The van der Waals surface area contributed by atoms with E-state index in [1.54, 1.807) is 30.3 Å². The van der Waals surface area contributed by atoms with Gasteiger partial charge in [-0.1, -0.05) is 12.1 Å². The Morgan fingerprint density at radius 1 is 1.02 bits per heavy atom. The molecule has 214 valence electrons. The molecule has 1 aromatic carbocycles. The van der Waals surface area contributed by atoms with Gasteiger partial charge in [-0.3, -0.25) is 9.36 Å².